The number of carbonyl (C=O) groups excluding carboxylic acids is 1. The number of hydrogen-bond donors (Lipinski definition) is 1. The van der Waals surface area contributed by atoms with Gasteiger partial charge in [-0.15, -0.1) is 10.2 Å². The number of pyridine rings is 1. The second-order valence-corrected chi connectivity index (χ2v) is 7.54. The summed E-state index contributed by atoms with van der Waals surface area (Å²) in [6.45, 7) is 1.83. The molecule has 4 rings (SSSR count). The molecule has 2 aromatic rings. The van der Waals surface area contributed by atoms with Crippen molar-refractivity contribution in [1.29, 1.82) is 0 Å². The third kappa shape index (κ3) is 4.32. The summed E-state index contributed by atoms with van der Waals surface area (Å²) in [6.07, 6.45) is 8.00. The Bertz CT molecular complexity index is 713. The average molecular weight is 359 g/mol. The lowest BCUT2D eigenvalue weighted by Gasteiger charge is -2.25. The van der Waals surface area contributed by atoms with Crippen molar-refractivity contribution in [1.82, 2.24) is 20.1 Å². The van der Waals surface area contributed by atoms with Gasteiger partial charge in [-0.05, 0) is 37.3 Å². The number of anilines is 1. The van der Waals surface area contributed by atoms with Crippen molar-refractivity contribution in [3.05, 3.63) is 35.1 Å². The van der Waals surface area contributed by atoms with Gasteiger partial charge in [0.15, 0.2) is 0 Å². The second kappa shape index (κ2) is 7.45. The molecule has 2 amide bonds. The highest BCUT2D eigenvalue weighted by Gasteiger charge is 2.28. The van der Waals surface area contributed by atoms with E-state index in [2.05, 4.69) is 20.5 Å². The van der Waals surface area contributed by atoms with E-state index in [1.807, 2.05) is 12.1 Å². The Morgan fingerprint density at radius 2 is 2.28 bits per heavy atom. The molecule has 1 aliphatic heterocycles. The monoisotopic (exact) mass is 359 g/mol. The van der Waals surface area contributed by atoms with Crippen LogP contribution in [0, 0.1) is 0 Å². The normalized spacial score (nSPS) is 19.8. The van der Waals surface area contributed by atoms with Crippen molar-refractivity contribution in [3.8, 4) is 0 Å². The molecule has 1 N–H and O–H groups in total. The minimum absolute atomic E-state index is 0.0962. The molecule has 25 heavy (non-hydrogen) atoms. The SMILES string of the molecule is O=C(Nc1nnc(C2CC2)s1)N(Cc1cccnc1)C[C@H]1CCCO1. The summed E-state index contributed by atoms with van der Waals surface area (Å²) in [4.78, 5) is 18.7. The van der Waals surface area contributed by atoms with Crippen LogP contribution in [0.5, 0.6) is 0 Å². The molecule has 132 valence electrons. The molecule has 2 fully saturated rings. The van der Waals surface area contributed by atoms with E-state index in [0.717, 1.165) is 30.0 Å². The Hall–Kier alpha value is -2.06. The molecule has 7 nitrogen and oxygen atoms in total. The predicted octanol–water partition coefficient (Wildman–Crippen LogP) is 3.02. The number of urea groups is 1. The van der Waals surface area contributed by atoms with Gasteiger partial charge < -0.3 is 9.64 Å². The van der Waals surface area contributed by atoms with Crippen LogP contribution in [0.4, 0.5) is 9.93 Å². The molecule has 2 aliphatic rings. The highest BCUT2D eigenvalue weighted by Crippen LogP contribution is 2.42. The van der Waals surface area contributed by atoms with Crippen molar-refractivity contribution in [3.63, 3.8) is 0 Å². The molecule has 0 bridgehead atoms. The Labute approximate surface area is 150 Å². The molecule has 1 saturated heterocycles. The first-order valence-corrected chi connectivity index (χ1v) is 9.49. The highest BCUT2D eigenvalue weighted by molar-refractivity contribution is 7.15. The lowest BCUT2D eigenvalue weighted by molar-refractivity contribution is 0.0819. The number of amides is 2. The number of rotatable bonds is 6. The van der Waals surface area contributed by atoms with Crippen LogP contribution < -0.4 is 5.32 Å². The predicted molar refractivity (Wildman–Crippen MR) is 94.5 cm³/mol. The van der Waals surface area contributed by atoms with E-state index < -0.39 is 0 Å². The fraction of sp³-hybridized carbons (Fsp3) is 0.529. The van der Waals surface area contributed by atoms with Gasteiger partial charge >= 0.3 is 6.03 Å². The zero-order valence-electron chi connectivity index (χ0n) is 13.9. The van der Waals surface area contributed by atoms with E-state index in [0.29, 0.717) is 24.1 Å². The third-order valence-corrected chi connectivity index (χ3v) is 5.41. The second-order valence-electron chi connectivity index (χ2n) is 6.53. The zero-order valence-corrected chi connectivity index (χ0v) is 14.7. The zero-order chi connectivity index (χ0) is 17.1. The van der Waals surface area contributed by atoms with E-state index in [4.69, 9.17) is 4.74 Å². The Morgan fingerprint density at radius 3 is 3.00 bits per heavy atom. The van der Waals surface area contributed by atoms with Crippen LogP contribution in [0.25, 0.3) is 0 Å². The summed E-state index contributed by atoms with van der Waals surface area (Å²) >= 11 is 1.47. The van der Waals surface area contributed by atoms with Crippen LogP contribution in [0.15, 0.2) is 24.5 Å². The number of ether oxygens (including phenoxy) is 1. The smallest absolute Gasteiger partial charge is 0.324 e. The summed E-state index contributed by atoms with van der Waals surface area (Å²) in [5.74, 6) is 0.543. The lowest BCUT2D eigenvalue weighted by Crippen LogP contribution is -2.39. The third-order valence-electron chi connectivity index (χ3n) is 4.41. The Morgan fingerprint density at radius 1 is 1.36 bits per heavy atom. The standard InChI is InChI=1S/C17H21N5O2S/c23-17(19-16-21-20-15(25-16)13-5-6-13)22(11-14-4-2-8-24-14)10-12-3-1-7-18-9-12/h1,3,7,9,13-14H,2,4-6,8,10-11H2,(H,19,21,23)/t14-/m1/s1. The number of hydrogen-bond acceptors (Lipinski definition) is 6. The summed E-state index contributed by atoms with van der Waals surface area (Å²) in [6, 6.07) is 3.68. The van der Waals surface area contributed by atoms with Gasteiger partial charge in [-0.3, -0.25) is 10.3 Å². The van der Waals surface area contributed by atoms with Crippen molar-refractivity contribution in [2.45, 2.75) is 44.2 Å². The first kappa shape index (κ1) is 16.4. The molecule has 2 aromatic heterocycles. The first-order valence-electron chi connectivity index (χ1n) is 8.68. The van der Waals surface area contributed by atoms with Crippen LogP contribution in [0.3, 0.4) is 0 Å². The Balaban J connectivity index is 1.43. The van der Waals surface area contributed by atoms with Gasteiger partial charge in [0, 0.05) is 38.0 Å². The molecule has 1 atom stereocenters. The fourth-order valence-electron chi connectivity index (χ4n) is 2.92. The molecule has 1 saturated carbocycles. The van der Waals surface area contributed by atoms with Crippen LogP contribution >= 0.6 is 11.3 Å². The van der Waals surface area contributed by atoms with Crippen molar-refractivity contribution >= 4 is 22.5 Å². The highest BCUT2D eigenvalue weighted by atomic mass is 32.1. The maximum absolute atomic E-state index is 12.8. The molecule has 0 spiro atoms. The number of nitrogens with zero attached hydrogens (tertiary/aromatic N) is 4. The van der Waals surface area contributed by atoms with Gasteiger partial charge in [0.2, 0.25) is 5.13 Å². The maximum Gasteiger partial charge on any atom is 0.324 e. The van der Waals surface area contributed by atoms with Crippen LogP contribution in [-0.2, 0) is 11.3 Å². The molecular formula is C17H21N5O2S. The minimum Gasteiger partial charge on any atom is -0.376 e. The molecule has 0 unspecified atom stereocenters. The van der Waals surface area contributed by atoms with E-state index in [-0.39, 0.29) is 12.1 Å². The minimum atomic E-state index is -0.169. The number of carbonyl (C=O) groups is 1. The maximum atomic E-state index is 12.8. The van der Waals surface area contributed by atoms with Gasteiger partial charge in [-0.25, -0.2) is 4.79 Å². The fourth-order valence-corrected chi connectivity index (χ4v) is 3.82. The number of nitrogens with one attached hydrogen (secondary N) is 1. The Kier molecular flexibility index (Phi) is 4.89. The summed E-state index contributed by atoms with van der Waals surface area (Å²) in [5.41, 5.74) is 0.992. The van der Waals surface area contributed by atoms with Gasteiger partial charge in [0.25, 0.3) is 0 Å². The molecule has 0 aromatic carbocycles. The van der Waals surface area contributed by atoms with Gasteiger partial charge in [0.1, 0.15) is 5.01 Å². The molecule has 1 aliphatic carbocycles. The molecule has 3 heterocycles. The van der Waals surface area contributed by atoms with Gasteiger partial charge in [-0.2, -0.15) is 0 Å². The lowest BCUT2D eigenvalue weighted by atomic mass is 10.2. The van der Waals surface area contributed by atoms with Crippen molar-refractivity contribution in [2.24, 2.45) is 0 Å². The summed E-state index contributed by atoms with van der Waals surface area (Å²) in [7, 11) is 0. The van der Waals surface area contributed by atoms with Crippen molar-refractivity contribution in [2.75, 3.05) is 18.5 Å². The topological polar surface area (TPSA) is 80.2 Å². The van der Waals surface area contributed by atoms with Crippen LogP contribution in [-0.4, -0.2) is 45.4 Å². The molecule has 0 radical (unpaired) electrons. The van der Waals surface area contributed by atoms with E-state index in [1.165, 1.54) is 24.2 Å². The van der Waals surface area contributed by atoms with Gasteiger partial charge in [-0.1, -0.05) is 17.4 Å². The average Bonchev–Trinajstić information content (AvgIpc) is 3.15. The van der Waals surface area contributed by atoms with Crippen LogP contribution in [0.1, 0.15) is 42.2 Å². The number of aromatic nitrogens is 3. The summed E-state index contributed by atoms with van der Waals surface area (Å²) in [5, 5.41) is 12.8. The quantitative estimate of drug-likeness (QED) is 0.857. The van der Waals surface area contributed by atoms with Crippen molar-refractivity contribution < 1.29 is 9.53 Å². The first-order chi connectivity index (χ1) is 12.3. The van der Waals surface area contributed by atoms with Gasteiger partial charge in [0.05, 0.1) is 6.10 Å². The summed E-state index contributed by atoms with van der Waals surface area (Å²) < 4.78 is 5.70. The molecular weight excluding hydrogens is 338 g/mol. The largest absolute Gasteiger partial charge is 0.376 e. The van der Waals surface area contributed by atoms with E-state index in [1.54, 1.807) is 17.3 Å². The van der Waals surface area contributed by atoms with E-state index >= 15 is 0 Å². The van der Waals surface area contributed by atoms with Crippen LogP contribution in [0.2, 0.25) is 0 Å². The molecule has 8 heteroatoms. The van der Waals surface area contributed by atoms with E-state index in [9.17, 15) is 4.79 Å².